The Morgan fingerprint density at radius 2 is 2.24 bits per heavy atom. The lowest BCUT2D eigenvalue weighted by Crippen LogP contribution is -2.36. The second kappa shape index (κ2) is 12.1. The summed E-state index contributed by atoms with van der Waals surface area (Å²) in [5.74, 6) is -0.503. The predicted octanol–water partition coefficient (Wildman–Crippen LogP) is 1.64. The number of nitrogens with two attached hydrogens (primary N) is 2. The standard InChI is InChI=1S/C22H30BN5O5S/c1-13-6-5-7-14-10-15(23(31)33-20(13)14)11-18(29)19(28-32-2)17-12-34-22(26-17)27-21(30)16(25)8-3-4-9-24/h5-7,12,15-16,31H,3-4,8-11,24-25H2,1-2H3,(H,26,27,30)/b28-19-/t15-,16+/m1/s1. The normalized spacial score (nSPS) is 16.4. The molecule has 1 amide bonds. The largest absolute Gasteiger partial charge is 0.536 e. The van der Waals surface area contributed by atoms with Crippen LogP contribution in [0.3, 0.4) is 0 Å². The van der Waals surface area contributed by atoms with Gasteiger partial charge in [0.15, 0.2) is 16.6 Å². The number of aryl methyl sites for hydroxylation is 1. The molecule has 0 fully saturated rings. The first-order valence-electron chi connectivity index (χ1n) is 11.1. The van der Waals surface area contributed by atoms with Gasteiger partial charge >= 0.3 is 7.12 Å². The number of nitrogens with zero attached hydrogens (tertiary/aromatic N) is 2. The Morgan fingerprint density at radius 1 is 1.44 bits per heavy atom. The maximum absolute atomic E-state index is 13.1. The van der Waals surface area contributed by atoms with Crippen molar-refractivity contribution in [3.8, 4) is 5.75 Å². The Bertz CT molecular complexity index is 1050. The number of fused-ring (bicyclic) bond motifs is 1. The van der Waals surface area contributed by atoms with Gasteiger partial charge in [0.25, 0.3) is 0 Å². The fourth-order valence-electron chi connectivity index (χ4n) is 3.76. The van der Waals surface area contributed by atoms with Crippen molar-refractivity contribution in [2.75, 3.05) is 19.0 Å². The molecular formula is C22H30BN5O5S. The van der Waals surface area contributed by atoms with E-state index in [0.717, 1.165) is 35.3 Å². The molecule has 0 aliphatic carbocycles. The van der Waals surface area contributed by atoms with Crippen molar-refractivity contribution >= 4 is 41.0 Å². The molecule has 10 nitrogen and oxygen atoms in total. The molecule has 3 rings (SSSR count). The number of para-hydroxylation sites is 1. The van der Waals surface area contributed by atoms with Crippen LogP contribution < -0.4 is 21.4 Å². The monoisotopic (exact) mass is 487 g/mol. The molecule has 0 bridgehead atoms. The minimum absolute atomic E-state index is 0.00809. The van der Waals surface area contributed by atoms with E-state index in [2.05, 4.69) is 15.5 Å². The molecule has 0 radical (unpaired) electrons. The van der Waals surface area contributed by atoms with Crippen molar-refractivity contribution in [2.24, 2.45) is 16.6 Å². The van der Waals surface area contributed by atoms with E-state index in [9.17, 15) is 14.6 Å². The van der Waals surface area contributed by atoms with Gasteiger partial charge in [-0.2, -0.15) is 0 Å². The molecule has 34 heavy (non-hydrogen) atoms. The van der Waals surface area contributed by atoms with Crippen LogP contribution in [0.5, 0.6) is 5.75 Å². The molecular weight excluding hydrogens is 457 g/mol. The van der Waals surface area contributed by atoms with E-state index in [-0.39, 0.29) is 29.5 Å². The summed E-state index contributed by atoms with van der Waals surface area (Å²) in [5, 5.41) is 18.9. The summed E-state index contributed by atoms with van der Waals surface area (Å²) in [5.41, 5.74) is 13.5. The summed E-state index contributed by atoms with van der Waals surface area (Å²) >= 11 is 1.15. The number of carbonyl (C=O) groups excluding carboxylic acids is 2. The number of hydrogen-bond donors (Lipinski definition) is 4. The highest BCUT2D eigenvalue weighted by atomic mass is 32.1. The van der Waals surface area contributed by atoms with Crippen LogP contribution in [0.2, 0.25) is 5.82 Å². The third kappa shape index (κ3) is 6.41. The van der Waals surface area contributed by atoms with Crippen LogP contribution >= 0.6 is 11.3 Å². The number of amides is 1. The summed E-state index contributed by atoms with van der Waals surface area (Å²) in [6.07, 6.45) is 2.55. The topological polar surface area (TPSA) is 162 Å². The lowest BCUT2D eigenvalue weighted by atomic mass is 9.64. The maximum atomic E-state index is 13.1. The SMILES string of the molecule is CO/N=C(\C(=O)C[C@H]1Cc2cccc(C)c2OB1O)c1csc(NC(=O)[C@@H](N)CCCCN)n1. The molecule has 1 aromatic heterocycles. The van der Waals surface area contributed by atoms with Crippen molar-refractivity contribution in [1.82, 2.24) is 4.98 Å². The second-order valence-electron chi connectivity index (χ2n) is 8.20. The van der Waals surface area contributed by atoms with E-state index in [1.807, 2.05) is 25.1 Å². The molecule has 12 heteroatoms. The van der Waals surface area contributed by atoms with Crippen LogP contribution in [-0.2, 0) is 20.8 Å². The van der Waals surface area contributed by atoms with E-state index in [1.165, 1.54) is 7.11 Å². The third-order valence-corrected chi connectivity index (χ3v) is 6.35. The van der Waals surface area contributed by atoms with Gasteiger partial charge in [-0.15, -0.1) is 11.3 Å². The van der Waals surface area contributed by atoms with Gasteiger partial charge in [-0.3, -0.25) is 9.59 Å². The Balaban J connectivity index is 1.66. The molecule has 0 saturated carbocycles. The molecule has 1 aliphatic rings. The number of aromatic nitrogens is 1. The molecule has 0 unspecified atom stereocenters. The molecule has 0 saturated heterocycles. The number of anilines is 1. The lowest BCUT2D eigenvalue weighted by molar-refractivity contribution is -0.117. The number of unbranched alkanes of at least 4 members (excludes halogenated alkanes) is 1. The number of carbonyl (C=O) groups is 2. The van der Waals surface area contributed by atoms with Gasteiger partial charge in [-0.1, -0.05) is 29.8 Å². The second-order valence-corrected chi connectivity index (χ2v) is 9.06. The van der Waals surface area contributed by atoms with Gasteiger partial charge in [0.05, 0.1) is 6.04 Å². The molecule has 2 heterocycles. The number of hydrogen-bond acceptors (Lipinski definition) is 10. The van der Waals surface area contributed by atoms with Crippen molar-refractivity contribution in [1.29, 1.82) is 0 Å². The zero-order chi connectivity index (χ0) is 24.7. The minimum Gasteiger partial charge on any atom is -0.536 e. The van der Waals surface area contributed by atoms with Crippen molar-refractivity contribution < 1.29 is 24.1 Å². The maximum Gasteiger partial charge on any atom is 0.526 e. The Kier molecular flexibility index (Phi) is 9.16. The van der Waals surface area contributed by atoms with Crippen LogP contribution in [0, 0.1) is 6.92 Å². The van der Waals surface area contributed by atoms with Crippen molar-refractivity contribution in [3.05, 3.63) is 40.4 Å². The summed E-state index contributed by atoms with van der Waals surface area (Å²) in [4.78, 5) is 34.6. The van der Waals surface area contributed by atoms with Crippen LogP contribution in [0.25, 0.3) is 0 Å². The Morgan fingerprint density at radius 3 is 2.97 bits per heavy atom. The predicted molar refractivity (Wildman–Crippen MR) is 132 cm³/mol. The van der Waals surface area contributed by atoms with E-state index >= 15 is 0 Å². The first kappa shape index (κ1) is 25.8. The Hall–Kier alpha value is -2.80. The summed E-state index contributed by atoms with van der Waals surface area (Å²) in [7, 11) is 0.215. The van der Waals surface area contributed by atoms with Crippen molar-refractivity contribution in [3.63, 3.8) is 0 Å². The molecule has 1 aromatic carbocycles. The zero-order valence-electron chi connectivity index (χ0n) is 19.3. The van der Waals surface area contributed by atoms with Crippen LogP contribution in [0.1, 0.15) is 42.5 Å². The van der Waals surface area contributed by atoms with Gasteiger partial charge in [-0.05, 0) is 43.9 Å². The molecule has 1 aliphatic heterocycles. The average Bonchev–Trinajstić information content (AvgIpc) is 3.26. The molecule has 2 atom stereocenters. The van der Waals surface area contributed by atoms with Crippen LogP contribution in [0.4, 0.5) is 5.13 Å². The van der Waals surface area contributed by atoms with Gasteiger partial charge in [-0.25, -0.2) is 4.98 Å². The van der Waals surface area contributed by atoms with E-state index < -0.39 is 19.0 Å². The van der Waals surface area contributed by atoms with E-state index in [4.69, 9.17) is 21.0 Å². The highest BCUT2D eigenvalue weighted by Crippen LogP contribution is 2.36. The lowest BCUT2D eigenvalue weighted by Gasteiger charge is -2.28. The van der Waals surface area contributed by atoms with Gasteiger partial charge in [0.1, 0.15) is 18.6 Å². The Labute approximate surface area is 202 Å². The van der Waals surface area contributed by atoms with Crippen LogP contribution in [0.15, 0.2) is 28.7 Å². The number of nitrogens with one attached hydrogen (secondary N) is 1. The average molecular weight is 487 g/mol. The van der Waals surface area contributed by atoms with E-state index in [0.29, 0.717) is 30.3 Å². The number of rotatable bonds is 11. The van der Waals surface area contributed by atoms with E-state index in [1.54, 1.807) is 5.38 Å². The van der Waals surface area contributed by atoms with Gasteiger partial charge in [0, 0.05) is 17.6 Å². The molecule has 182 valence electrons. The highest BCUT2D eigenvalue weighted by molar-refractivity contribution is 7.14. The fraction of sp³-hybridized carbons (Fsp3) is 0.455. The van der Waals surface area contributed by atoms with Crippen molar-refractivity contribution in [2.45, 2.75) is 50.9 Å². The third-order valence-electron chi connectivity index (χ3n) is 5.59. The number of thiazole rings is 1. The number of Topliss-reactive ketones (excluding diaryl/α,β-unsaturated/α-hetero) is 1. The quantitative estimate of drug-likeness (QED) is 0.161. The van der Waals surface area contributed by atoms with Gasteiger partial charge < -0.3 is 31.3 Å². The summed E-state index contributed by atoms with van der Waals surface area (Å²) in [6, 6.07) is 5.08. The van der Waals surface area contributed by atoms with Gasteiger partial charge in [0.2, 0.25) is 5.91 Å². The summed E-state index contributed by atoms with van der Waals surface area (Å²) in [6.45, 7) is 2.46. The first-order valence-corrected chi connectivity index (χ1v) is 12.0. The number of benzene rings is 1. The summed E-state index contributed by atoms with van der Waals surface area (Å²) < 4.78 is 5.68. The fourth-order valence-corrected chi connectivity index (χ4v) is 4.46. The smallest absolute Gasteiger partial charge is 0.526 e. The van der Waals surface area contributed by atoms with Crippen LogP contribution in [-0.4, -0.2) is 54.2 Å². The molecule has 6 N–H and O–H groups in total. The number of oxime groups is 1. The molecule has 2 aromatic rings. The zero-order valence-corrected chi connectivity index (χ0v) is 20.1. The highest BCUT2D eigenvalue weighted by Gasteiger charge is 2.38. The minimum atomic E-state index is -1.12. The number of ketones is 1. The molecule has 0 spiro atoms. The first-order chi connectivity index (χ1) is 16.3.